The molecule has 0 aliphatic carbocycles. The summed E-state index contributed by atoms with van der Waals surface area (Å²) >= 11 is 0. The maximum atomic E-state index is 13.3. The summed E-state index contributed by atoms with van der Waals surface area (Å²) in [4.78, 5) is 13.9. The van der Waals surface area contributed by atoms with Gasteiger partial charge in [0.15, 0.2) is 0 Å². The molecule has 1 aliphatic rings. The highest BCUT2D eigenvalue weighted by molar-refractivity contribution is 7.89. The van der Waals surface area contributed by atoms with Crippen LogP contribution in [-0.2, 0) is 27.5 Å². The number of carbonyl (C=O) groups excluding carboxylic acids is 1. The molecule has 0 bridgehead atoms. The Morgan fingerprint density at radius 2 is 1.59 bits per heavy atom. The largest absolute Gasteiger partial charge is 0.416 e. The molecule has 174 valence electrons. The first-order chi connectivity index (χ1) is 15.1. The summed E-state index contributed by atoms with van der Waals surface area (Å²) in [5.41, 5.74) is -0.690. The monoisotopic (exact) mass is 472 g/mol. The molecular weight excluding hydrogens is 448 g/mol. The summed E-state index contributed by atoms with van der Waals surface area (Å²) in [5, 5.41) is 0. The van der Waals surface area contributed by atoms with Gasteiger partial charge in [-0.3, -0.25) is 4.79 Å². The Morgan fingerprint density at radius 1 is 0.969 bits per heavy atom. The van der Waals surface area contributed by atoms with Crippen molar-refractivity contribution in [3.63, 3.8) is 0 Å². The van der Waals surface area contributed by atoms with Gasteiger partial charge in [0.05, 0.1) is 17.0 Å². The molecular formula is C22H24F4N2O3S. The highest BCUT2D eigenvalue weighted by Crippen LogP contribution is 2.31. The van der Waals surface area contributed by atoms with Crippen molar-refractivity contribution in [1.29, 1.82) is 0 Å². The van der Waals surface area contributed by atoms with E-state index in [1.807, 2.05) is 0 Å². The number of nitrogens with zero attached hydrogens (tertiary/aromatic N) is 2. The maximum absolute atomic E-state index is 13.3. The van der Waals surface area contributed by atoms with Gasteiger partial charge in [-0.1, -0.05) is 31.0 Å². The number of carbonyl (C=O) groups is 1. The van der Waals surface area contributed by atoms with Crippen molar-refractivity contribution in [3.8, 4) is 0 Å². The standard InChI is InChI=1S/C22H24F4N2O3S/c23-19-10-8-17(9-11-19)15-28(16-21(29)27-12-3-1-2-4-13-27)32(30,31)20-7-5-6-18(14-20)22(24,25)26/h5-11,14H,1-4,12-13,15-16H2. The Balaban J connectivity index is 1.93. The minimum Gasteiger partial charge on any atom is -0.342 e. The van der Waals surface area contributed by atoms with Crippen molar-refractivity contribution < 1.29 is 30.8 Å². The third kappa shape index (κ3) is 6.07. The van der Waals surface area contributed by atoms with E-state index in [2.05, 4.69) is 0 Å². The van der Waals surface area contributed by atoms with Gasteiger partial charge in [-0.2, -0.15) is 17.5 Å². The Labute approximate surface area is 184 Å². The van der Waals surface area contributed by atoms with Crippen LogP contribution in [0.2, 0.25) is 0 Å². The molecule has 0 spiro atoms. The molecule has 1 amide bonds. The van der Waals surface area contributed by atoms with E-state index in [-0.39, 0.29) is 6.54 Å². The SMILES string of the molecule is O=C(CN(Cc1ccc(F)cc1)S(=O)(=O)c1cccc(C(F)(F)F)c1)N1CCCCCC1. The Hall–Kier alpha value is -2.46. The first kappa shape index (κ1) is 24.2. The smallest absolute Gasteiger partial charge is 0.342 e. The number of sulfonamides is 1. The van der Waals surface area contributed by atoms with Crippen LogP contribution in [0.3, 0.4) is 0 Å². The fourth-order valence-electron chi connectivity index (χ4n) is 3.57. The number of alkyl halides is 3. The molecule has 0 unspecified atom stereocenters. The number of benzene rings is 2. The zero-order valence-corrected chi connectivity index (χ0v) is 18.1. The fourth-order valence-corrected chi connectivity index (χ4v) is 5.00. The molecule has 1 heterocycles. The molecule has 5 nitrogen and oxygen atoms in total. The van der Waals surface area contributed by atoms with Crippen LogP contribution >= 0.6 is 0 Å². The second-order valence-electron chi connectivity index (χ2n) is 7.72. The molecule has 0 radical (unpaired) electrons. The molecule has 1 saturated heterocycles. The third-order valence-corrected chi connectivity index (χ3v) is 7.13. The van der Waals surface area contributed by atoms with Crippen molar-refractivity contribution in [2.75, 3.05) is 19.6 Å². The molecule has 1 aliphatic heterocycles. The van der Waals surface area contributed by atoms with Crippen molar-refractivity contribution >= 4 is 15.9 Å². The minimum absolute atomic E-state index is 0.279. The van der Waals surface area contributed by atoms with E-state index >= 15 is 0 Å². The third-order valence-electron chi connectivity index (χ3n) is 5.34. The van der Waals surface area contributed by atoms with E-state index in [1.165, 1.54) is 12.1 Å². The second-order valence-corrected chi connectivity index (χ2v) is 9.66. The summed E-state index contributed by atoms with van der Waals surface area (Å²) in [7, 11) is -4.44. The lowest BCUT2D eigenvalue weighted by atomic mass is 10.2. The summed E-state index contributed by atoms with van der Waals surface area (Å²) in [6.45, 7) is 0.216. The summed E-state index contributed by atoms with van der Waals surface area (Å²) in [6.07, 6.45) is -1.14. The van der Waals surface area contributed by atoms with Gasteiger partial charge in [-0.25, -0.2) is 12.8 Å². The van der Waals surface area contributed by atoms with E-state index in [9.17, 15) is 30.8 Å². The van der Waals surface area contributed by atoms with Crippen LogP contribution in [0.5, 0.6) is 0 Å². The first-order valence-corrected chi connectivity index (χ1v) is 11.7. The van der Waals surface area contributed by atoms with Gasteiger partial charge in [-0.15, -0.1) is 0 Å². The van der Waals surface area contributed by atoms with Gasteiger partial charge >= 0.3 is 6.18 Å². The number of hydrogen-bond donors (Lipinski definition) is 0. The molecule has 0 N–H and O–H groups in total. The van der Waals surface area contributed by atoms with E-state index in [0.717, 1.165) is 60.3 Å². The van der Waals surface area contributed by atoms with Crippen LogP contribution in [0.15, 0.2) is 53.4 Å². The van der Waals surface area contributed by atoms with Gasteiger partial charge in [0, 0.05) is 19.6 Å². The van der Waals surface area contributed by atoms with E-state index in [1.54, 1.807) is 4.90 Å². The highest BCUT2D eigenvalue weighted by atomic mass is 32.2. The molecule has 2 aromatic rings. The Bertz CT molecular complexity index is 1030. The molecule has 2 aromatic carbocycles. The molecule has 0 aromatic heterocycles. The van der Waals surface area contributed by atoms with Crippen molar-refractivity contribution in [2.45, 2.75) is 43.3 Å². The molecule has 0 atom stereocenters. The summed E-state index contributed by atoms with van der Waals surface area (Å²) in [5.74, 6) is -0.925. The van der Waals surface area contributed by atoms with Crippen molar-refractivity contribution in [3.05, 3.63) is 65.5 Å². The zero-order chi connectivity index (χ0) is 23.4. The average molecular weight is 473 g/mol. The van der Waals surface area contributed by atoms with E-state index < -0.39 is 44.9 Å². The van der Waals surface area contributed by atoms with Gasteiger partial charge in [0.25, 0.3) is 0 Å². The summed E-state index contributed by atoms with van der Waals surface area (Å²) in [6, 6.07) is 8.49. The molecule has 10 heteroatoms. The van der Waals surface area contributed by atoms with Crippen LogP contribution in [0.1, 0.15) is 36.8 Å². The lowest BCUT2D eigenvalue weighted by Crippen LogP contribution is -2.43. The number of amides is 1. The number of hydrogen-bond acceptors (Lipinski definition) is 3. The van der Waals surface area contributed by atoms with Gasteiger partial charge in [-0.05, 0) is 48.7 Å². The number of likely N-dealkylation sites (tertiary alicyclic amines) is 1. The van der Waals surface area contributed by atoms with Gasteiger partial charge in [0.1, 0.15) is 5.82 Å². The average Bonchev–Trinajstić information content (AvgIpc) is 3.04. The second kappa shape index (κ2) is 9.99. The lowest BCUT2D eigenvalue weighted by Gasteiger charge is -2.26. The van der Waals surface area contributed by atoms with Crippen LogP contribution in [-0.4, -0.2) is 43.2 Å². The molecule has 3 rings (SSSR count). The molecule has 0 saturated carbocycles. The van der Waals surface area contributed by atoms with Crippen LogP contribution in [0.4, 0.5) is 17.6 Å². The van der Waals surface area contributed by atoms with Crippen molar-refractivity contribution in [2.24, 2.45) is 0 Å². The highest BCUT2D eigenvalue weighted by Gasteiger charge is 2.34. The van der Waals surface area contributed by atoms with E-state index in [4.69, 9.17) is 0 Å². The predicted molar refractivity (Wildman–Crippen MR) is 110 cm³/mol. The van der Waals surface area contributed by atoms with Gasteiger partial charge in [0.2, 0.25) is 15.9 Å². The predicted octanol–water partition coefficient (Wildman–Crippen LogP) is 4.44. The lowest BCUT2D eigenvalue weighted by molar-refractivity contribution is -0.137. The van der Waals surface area contributed by atoms with Crippen LogP contribution in [0.25, 0.3) is 0 Å². The normalized spacial score (nSPS) is 15.6. The fraction of sp³-hybridized carbons (Fsp3) is 0.409. The Morgan fingerprint density at radius 3 is 2.19 bits per heavy atom. The number of rotatable bonds is 6. The molecule has 32 heavy (non-hydrogen) atoms. The maximum Gasteiger partial charge on any atom is 0.416 e. The van der Waals surface area contributed by atoms with Gasteiger partial charge < -0.3 is 4.90 Å². The number of halogens is 4. The summed E-state index contributed by atoms with van der Waals surface area (Å²) < 4.78 is 80.1. The van der Waals surface area contributed by atoms with Crippen molar-refractivity contribution in [1.82, 2.24) is 9.21 Å². The topological polar surface area (TPSA) is 57.7 Å². The molecule has 1 fully saturated rings. The zero-order valence-electron chi connectivity index (χ0n) is 17.3. The first-order valence-electron chi connectivity index (χ1n) is 10.3. The quantitative estimate of drug-likeness (QED) is 0.585. The van der Waals surface area contributed by atoms with Crippen LogP contribution < -0.4 is 0 Å². The minimum atomic E-state index is -4.71. The Kier molecular flexibility index (Phi) is 7.55. The van der Waals surface area contributed by atoms with Crippen LogP contribution in [0, 0.1) is 5.82 Å². The van der Waals surface area contributed by atoms with E-state index in [0.29, 0.717) is 24.7 Å².